The summed E-state index contributed by atoms with van der Waals surface area (Å²) in [5, 5.41) is 84.2. The average Bonchev–Trinajstić information content (AvgIpc) is 3.77. The monoisotopic (exact) mass is 822 g/mol. The summed E-state index contributed by atoms with van der Waals surface area (Å²) in [5.74, 6) is -2.23. The SMILES string of the molecule is CC1=CC[C@@H]([C@@H](C)[C@H]2CC[C@@]3(C)[C@@H]4CC[C@H]5[C@](C)(C(=O)O)[C@@H](O[C@@H]6O[C@H](CO)[C@@H](O)[C@H](O)[C@H]6O[C@@H]6O[C@H](C(=O)O)[C@@H](O)[C@H](O)[C@H]6O)CC[C@@]56C[C@@]46CC[C@]23C)OC1=O. The molecule has 0 aromatic heterocycles. The number of hydrogen-bond donors (Lipinski definition) is 8. The van der Waals surface area contributed by atoms with Gasteiger partial charge in [-0.1, -0.05) is 26.8 Å². The molecule has 3 aliphatic heterocycles. The van der Waals surface area contributed by atoms with Crippen LogP contribution in [-0.4, -0.2) is 139 Å². The highest BCUT2D eigenvalue weighted by Gasteiger charge is 2.83. The number of ether oxygens (including phenoxy) is 5. The van der Waals surface area contributed by atoms with Crippen molar-refractivity contribution in [3.63, 3.8) is 0 Å². The lowest BCUT2D eigenvalue weighted by molar-refractivity contribution is -0.374. The molecule has 2 spiro atoms. The smallest absolute Gasteiger partial charge is 0.335 e. The predicted molar refractivity (Wildman–Crippen MR) is 198 cm³/mol. The minimum Gasteiger partial charge on any atom is -0.481 e. The highest BCUT2D eigenvalue weighted by atomic mass is 16.8. The van der Waals surface area contributed by atoms with E-state index in [4.69, 9.17) is 23.7 Å². The number of aliphatic carboxylic acids is 2. The first-order valence-electron chi connectivity index (χ1n) is 21.2. The molecule has 5 saturated carbocycles. The van der Waals surface area contributed by atoms with E-state index >= 15 is 0 Å². The van der Waals surface area contributed by atoms with Gasteiger partial charge in [0.2, 0.25) is 0 Å². The molecule has 0 aromatic carbocycles. The van der Waals surface area contributed by atoms with Gasteiger partial charge in [-0.25, -0.2) is 9.59 Å². The van der Waals surface area contributed by atoms with Crippen molar-refractivity contribution in [2.75, 3.05) is 6.61 Å². The first kappa shape index (κ1) is 42.4. The standard InChI is InChI=1S/C42H62O16/c1-18-6-7-21(54-34(18)51)19(2)20-10-12-39(4)23-8-9-24-40(5,37(52)53)25(11-13-41(24)17-42(23,41)15-14-38(20,39)3)56-36-32(28(46)26(44)22(16-43)55-36)58-35-30(48)27(45)29(47)31(57-35)33(49)50/h6,19-32,35-36,43-48H,7-17H2,1-5H3,(H,49,50)(H,52,53)/t19-,20+,21-,22+,23-,24-,25-,26+,27-,28-,29-,30+,31-,32+,35-,36-,38+,39-,40-,41+,42-/m0/s1. The van der Waals surface area contributed by atoms with Gasteiger partial charge in [-0.2, -0.15) is 0 Å². The molecule has 16 nitrogen and oxygen atoms in total. The summed E-state index contributed by atoms with van der Waals surface area (Å²) in [6, 6.07) is 0. The Morgan fingerprint density at radius 1 is 0.810 bits per heavy atom. The molecule has 5 aliphatic carbocycles. The molecule has 21 atom stereocenters. The Labute approximate surface area is 337 Å². The van der Waals surface area contributed by atoms with Crippen molar-refractivity contribution in [1.29, 1.82) is 0 Å². The Bertz CT molecular complexity index is 1690. The first-order valence-corrected chi connectivity index (χ1v) is 21.2. The molecule has 8 aliphatic rings. The molecule has 0 aromatic rings. The van der Waals surface area contributed by atoms with Crippen LogP contribution in [0.3, 0.4) is 0 Å². The predicted octanol–water partition coefficient (Wildman–Crippen LogP) is 1.49. The van der Waals surface area contributed by atoms with Crippen LogP contribution in [-0.2, 0) is 38.1 Å². The summed E-state index contributed by atoms with van der Waals surface area (Å²) in [6.07, 6.45) is -9.10. The van der Waals surface area contributed by atoms with Crippen LogP contribution >= 0.6 is 0 Å². The van der Waals surface area contributed by atoms with Crippen LogP contribution in [0.2, 0.25) is 0 Å². The zero-order valence-electron chi connectivity index (χ0n) is 33.9. The van der Waals surface area contributed by atoms with Crippen LogP contribution in [0.15, 0.2) is 11.6 Å². The first-order chi connectivity index (χ1) is 27.2. The summed E-state index contributed by atoms with van der Waals surface area (Å²) < 4.78 is 29.5. The van der Waals surface area contributed by atoms with Gasteiger partial charge >= 0.3 is 17.9 Å². The molecule has 8 N–H and O–H groups in total. The average molecular weight is 823 g/mol. The molecule has 8 rings (SSSR count). The minimum atomic E-state index is -2.02. The quantitative estimate of drug-likeness (QED) is 0.121. The van der Waals surface area contributed by atoms with Crippen LogP contribution in [0.5, 0.6) is 0 Å². The van der Waals surface area contributed by atoms with E-state index < -0.39 is 91.5 Å². The van der Waals surface area contributed by atoms with Crippen LogP contribution in [0.1, 0.15) is 98.8 Å². The molecule has 3 heterocycles. The number of carboxylic acid groups (broad SMARTS) is 2. The summed E-state index contributed by atoms with van der Waals surface area (Å²) in [7, 11) is 0. The molecule has 0 bridgehead atoms. The maximum Gasteiger partial charge on any atom is 0.335 e. The topological polar surface area (TPSA) is 259 Å². The third-order valence-corrected chi connectivity index (χ3v) is 17.9. The van der Waals surface area contributed by atoms with Crippen LogP contribution in [0.25, 0.3) is 0 Å². The van der Waals surface area contributed by atoms with E-state index in [9.17, 15) is 55.2 Å². The number of carboxylic acids is 2. The molecular formula is C42H62O16. The van der Waals surface area contributed by atoms with E-state index in [-0.39, 0.29) is 45.6 Å². The number of rotatable bonds is 9. The maximum absolute atomic E-state index is 13.7. The van der Waals surface area contributed by atoms with Gasteiger partial charge in [0, 0.05) is 12.0 Å². The molecule has 7 fully saturated rings. The van der Waals surface area contributed by atoms with Gasteiger partial charge in [0.15, 0.2) is 18.7 Å². The van der Waals surface area contributed by atoms with Gasteiger partial charge in [0.25, 0.3) is 0 Å². The van der Waals surface area contributed by atoms with Crippen LogP contribution in [0, 0.1) is 50.7 Å². The summed E-state index contributed by atoms with van der Waals surface area (Å²) in [6.45, 7) is 9.91. The number of cyclic esters (lactones) is 1. The van der Waals surface area contributed by atoms with Crippen molar-refractivity contribution in [3.8, 4) is 0 Å². The van der Waals surface area contributed by atoms with E-state index in [2.05, 4.69) is 20.8 Å². The van der Waals surface area contributed by atoms with E-state index in [1.807, 2.05) is 6.08 Å². The second-order valence-corrected chi connectivity index (χ2v) is 19.9. The number of esters is 1. The maximum atomic E-state index is 13.7. The highest BCUT2D eigenvalue weighted by molar-refractivity contribution is 5.88. The van der Waals surface area contributed by atoms with Gasteiger partial charge in [0.1, 0.15) is 48.8 Å². The Kier molecular flexibility index (Phi) is 10.5. The third-order valence-electron chi connectivity index (χ3n) is 17.9. The fourth-order valence-electron chi connectivity index (χ4n) is 14.5. The largest absolute Gasteiger partial charge is 0.481 e. The minimum absolute atomic E-state index is 0.0157. The Morgan fingerprint density at radius 2 is 1.50 bits per heavy atom. The van der Waals surface area contributed by atoms with Crippen molar-refractivity contribution in [2.45, 2.75) is 172 Å². The Balaban J connectivity index is 1.04. The zero-order chi connectivity index (χ0) is 42.1. The van der Waals surface area contributed by atoms with Crippen molar-refractivity contribution in [1.82, 2.24) is 0 Å². The van der Waals surface area contributed by atoms with Crippen LogP contribution < -0.4 is 0 Å². The third kappa shape index (κ3) is 5.79. The molecular weight excluding hydrogens is 760 g/mol. The second kappa shape index (κ2) is 14.4. The summed E-state index contributed by atoms with van der Waals surface area (Å²) in [5.41, 5.74) is -0.996. The molecule has 16 heteroatoms. The number of carbonyl (C=O) groups excluding carboxylic acids is 1. The molecule has 2 saturated heterocycles. The number of fused-ring (bicyclic) bond motifs is 2. The molecule has 326 valence electrons. The van der Waals surface area contributed by atoms with Gasteiger partial charge in [0.05, 0.1) is 18.1 Å². The summed E-state index contributed by atoms with van der Waals surface area (Å²) >= 11 is 0. The molecule has 0 radical (unpaired) electrons. The van der Waals surface area contributed by atoms with Gasteiger partial charge in [-0.15, -0.1) is 0 Å². The van der Waals surface area contributed by atoms with E-state index in [1.165, 1.54) is 0 Å². The van der Waals surface area contributed by atoms with E-state index in [0.717, 1.165) is 44.9 Å². The summed E-state index contributed by atoms with van der Waals surface area (Å²) in [4.78, 5) is 38.0. The lowest BCUT2D eigenvalue weighted by Crippen LogP contribution is -2.66. The molecule has 0 amide bonds. The fourth-order valence-corrected chi connectivity index (χ4v) is 14.5. The Hall–Kier alpha value is -2.25. The van der Waals surface area contributed by atoms with Gasteiger partial charge in [-0.3, -0.25) is 4.79 Å². The Morgan fingerprint density at radius 3 is 2.16 bits per heavy atom. The number of aliphatic hydroxyl groups excluding tert-OH is 6. The second-order valence-electron chi connectivity index (χ2n) is 19.9. The lowest BCUT2D eigenvalue weighted by atomic mass is 9.41. The van der Waals surface area contributed by atoms with Gasteiger partial charge < -0.3 is 64.5 Å². The zero-order valence-corrected chi connectivity index (χ0v) is 33.9. The fraction of sp³-hybridized carbons (Fsp3) is 0.881. The van der Waals surface area contributed by atoms with Crippen molar-refractivity contribution in [2.24, 2.45) is 50.7 Å². The highest BCUT2D eigenvalue weighted by Crippen LogP contribution is 2.89. The van der Waals surface area contributed by atoms with Crippen molar-refractivity contribution in [3.05, 3.63) is 11.6 Å². The molecule has 0 unspecified atom stereocenters. The van der Waals surface area contributed by atoms with Crippen molar-refractivity contribution < 1.29 is 78.9 Å². The van der Waals surface area contributed by atoms with E-state index in [0.29, 0.717) is 36.7 Å². The number of carbonyl (C=O) groups is 3. The van der Waals surface area contributed by atoms with E-state index in [1.54, 1.807) is 13.8 Å². The number of hydrogen-bond acceptors (Lipinski definition) is 14. The normalized spacial score (nSPS) is 54.2. The van der Waals surface area contributed by atoms with Crippen LogP contribution in [0.4, 0.5) is 0 Å². The molecule has 58 heavy (non-hydrogen) atoms. The number of aliphatic hydroxyl groups is 6. The van der Waals surface area contributed by atoms with Crippen molar-refractivity contribution >= 4 is 17.9 Å². The van der Waals surface area contributed by atoms with Gasteiger partial charge in [-0.05, 0) is 117 Å². The lowest BCUT2D eigenvalue weighted by Gasteiger charge is -2.63.